The van der Waals surface area contributed by atoms with E-state index >= 15 is 0 Å². The molecule has 5 rings (SSSR count). The highest BCUT2D eigenvalue weighted by Gasteiger charge is 2.24. The maximum Gasteiger partial charge on any atom is 0.231 e. The van der Waals surface area contributed by atoms with E-state index in [1.165, 1.54) is 11.8 Å². The summed E-state index contributed by atoms with van der Waals surface area (Å²) in [5.41, 5.74) is 4.52. The van der Waals surface area contributed by atoms with Crippen molar-refractivity contribution in [3.63, 3.8) is 0 Å². The number of imidazole rings is 1. The normalized spacial score (nSPS) is 13.0. The highest BCUT2D eigenvalue weighted by Crippen LogP contribution is 2.30. The molecule has 3 heterocycles. The number of nitrogens with zero attached hydrogens (tertiary/aromatic N) is 3. The average Bonchev–Trinajstić information content (AvgIpc) is 3.32. The maximum atomic E-state index is 13.2. The van der Waals surface area contributed by atoms with Crippen molar-refractivity contribution in [1.29, 1.82) is 0 Å². The van der Waals surface area contributed by atoms with E-state index in [4.69, 9.17) is 0 Å². The number of rotatable bonds is 4. The lowest BCUT2D eigenvalue weighted by Gasteiger charge is -2.09. The van der Waals surface area contributed by atoms with Gasteiger partial charge in [0, 0.05) is 22.2 Å². The second kappa shape index (κ2) is 5.99. The molecule has 1 unspecified atom stereocenters. The predicted octanol–water partition coefficient (Wildman–Crippen LogP) is 4.36. The Morgan fingerprint density at radius 2 is 1.93 bits per heavy atom. The van der Waals surface area contributed by atoms with Gasteiger partial charge in [-0.15, -0.1) is 5.10 Å². The zero-order valence-corrected chi connectivity index (χ0v) is 15.7. The summed E-state index contributed by atoms with van der Waals surface area (Å²) in [6.07, 6.45) is 0. The van der Waals surface area contributed by atoms with Crippen molar-refractivity contribution < 1.29 is 4.79 Å². The van der Waals surface area contributed by atoms with Crippen LogP contribution in [0.1, 0.15) is 23.0 Å². The number of thioether (sulfide) groups is 1. The van der Waals surface area contributed by atoms with Gasteiger partial charge in [0.05, 0.1) is 16.3 Å². The van der Waals surface area contributed by atoms with E-state index in [2.05, 4.69) is 20.2 Å². The molecular formula is C20H17N5OS. The van der Waals surface area contributed by atoms with Gasteiger partial charge in [-0.2, -0.15) is 0 Å². The minimum atomic E-state index is -0.282. The Morgan fingerprint density at radius 1 is 1.15 bits per heavy atom. The van der Waals surface area contributed by atoms with Gasteiger partial charge in [-0.05, 0) is 32.0 Å². The Labute approximate surface area is 159 Å². The highest BCUT2D eigenvalue weighted by atomic mass is 32.2. The quantitative estimate of drug-likeness (QED) is 0.361. The molecule has 0 saturated heterocycles. The van der Waals surface area contributed by atoms with Crippen LogP contribution in [0.15, 0.2) is 53.7 Å². The SMILES string of the molecule is Cc1[nH]c2ccccc2c1C(=O)C(C)Sc1n[nH]c2nc3ccccc3n12. The fourth-order valence-electron chi connectivity index (χ4n) is 3.53. The summed E-state index contributed by atoms with van der Waals surface area (Å²) >= 11 is 1.44. The van der Waals surface area contributed by atoms with Gasteiger partial charge in [-0.25, -0.2) is 10.1 Å². The Bertz CT molecular complexity index is 1310. The second-order valence-electron chi connectivity index (χ2n) is 6.56. The van der Waals surface area contributed by atoms with E-state index in [9.17, 15) is 4.79 Å². The number of hydrogen-bond acceptors (Lipinski definition) is 4. The van der Waals surface area contributed by atoms with Crippen LogP contribution in [0.4, 0.5) is 0 Å². The number of para-hydroxylation sites is 3. The van der Waals surface area contributed by atoms with E-state index < -0.39 is 0 Å². The summed E-state index contributed by atoms with van der Waals surface area (Å²) in [7, 11) is 0. The maximum absolute atomic E-state index is 13.2. The van der Waals surface area contributed by atoms with Crippen molar-refractivity contribution in [2.75, 3.05) is 0 Å². The second-order valence-corrected chi connectivity index (χ2v) is 7.87. The Morgan fingerprint density at radius 3 is 2.81 bits per heavy atom. The molecule has 2 aromatic carbocycles. The van der Waals surface area contributed by atoms with Gasteiger partial charge in [0.2, 0.25) is 5.78 Å². The molecule has 0 aliphatic rings. The van der Waals surface area contributed by atoms with Crippen LogP contribution < -0.4 is 0 Å². The van der Waals surface area contributed by atoms with Gasteiger partial charge in [0.15, 0.2) is 10.9 Å². The average molecular weight is 375 g/mol. The highest BCUT2D eigenvalue weighted by molar-refractivity contribution is 8.00. The lowest BCUT2D eigenvalue weighted by Crippen LogP contribution is -2.15. The number of aromatic amines is 2. The molecule has 0 saturated carbocycles. The van der Waals surface area contributed by atoms with Gasteiger partial charge in [0.1, 0.15) is 0 Å². The Hall–Kier alpha value is -3.06. The number of nitrogens with one attached hydrogen (secondary N) is 2. The molecule has 6 nitrogen and oxygen atoms in total. The number of Topliss-reactive ketones (excluding diaryl/α,β-unsaturated/α-hetero) is 1. The third-order valence-corrected chi connectivity index (χ3v) is 5.85. The van der Waals surface area contributed by atoms with E-state index in [-0.39, 0.29) is 11.0 Å². The summed E-state index contributed by atoms with van der Waals surface area (Å²) in [6.45, 7) is 3.87. The van der Waals surface area contributed by atoms with E-state index in [1.807, 2.05) is 66.8 Å². The number of H-pyrrole nitrogens is 2. The van der Waals surface area contributed by atoms with Crippen molar-refractivity contribution in [2.45, 2.75) is 24.3 Å². The van der Waals surface area contributed by atoms with Crippen molar-refractivity contribution in [3.05, 3.63) is 59.8 Å². The summed E-state index contributed by atoms with van der Waals surface area (Å²) in [5.74, 6) is 0.775. The van der Waals surface area contributed by atoms with E-state index in [1.54, 1.807) is 0 Å². The van der Waals surface area contributed by atoms with Gasteiger partial charge < -0.3 is 4.98 Å². The van der Waals surface area contributed by atoms with E-state index in [0.717, 1.165) is 38.4 Å². The molecule has 2 N–H and O–H groups in total. The molecule has 7 heteroatoms. The molecule has 0 aliphatic carbocycles. The summed E-state index contributed by atoms with van der Waals surface area (Å²) < 4.78 is 1.96. The molecule has 1 atom stereocenters. The van der Waals surface area contributed by atoms with Crippen LogP contribution in [0.2, 0.25) is 0 Å². The lowest BCUT2D eigenvalue weighted by molar-refractivity contribution is 0.0995. The largest absolute Gasteiger partial charge is 0.358 e. The van der Waals surface area contributed by atoms with Crippen LogP contribution in [0.3, 0.4) is 0 Å². The Kier molecular flexibility index (Phi) is 3.58. The first-order chi connectivity index (χ1) is 13.1. The first kappa shape index (κ1) is 16.1. The fourth-order valence-corrected chi connectivity index (χ4v) is 4.46. The van der Waals surface area contributed by atoms with Crippen LogP contribution in [-0.2, 0) is 0 Å². The number of hydrogen-bond donors (Lipinski definition) is 2. The number of carbonyl (C=O) groups is 1. The smallest absolute Gasteiger partial charge is 0.231 e. The van der Waals surface area contributed by atoms with Gasteiger partial charge in [0.25, 0.3) is 0 Å². The van der Waals surface area contributed by atoms with Gasteiger partial charge in [-0.3, -0.25) is 9.20 Å². The van der Waals surface area contributed by atoms with E-state index in [0.29, 0.717) is 5.78 Å². The third kappa shape index (κ3) is 2.46. The van der Waals surface area contributed by atoms with Crippen LogP contribution in [0.5, 0.6) is 0 Å². The monoisotopic (exact) mass is 375 g/mol. The molecule has 0 spiro atoms. The first-order valence-electron chi connectivity index (χ1n) is 8.73. The van der Waals surface area contributed by atoms with Crippen LogP contribution in [0, 0.1) is 6.92 Å². The number of ketones is 1. The minimum absolute atomic E-state index is 0.0931. The van der Waals surface area contributed by atoms with Crippen LogP contribution >= 0.6 is 11.8 Å². The molecule has 0 radical (unpaired) electrons. The standard InChI is InChI=1S/C20H17N5OS/c1-11-17(13-7-3-4-8-14(13)21-11)18(26)12(2)27-20-24-23-19-22-15-9-5-6-10-16(15)25(19)20/h3-10,12,21H,1-2H3,(H,22,23). The van der Waals surface area contributed by atoms with Crippen LogP contribution in [0.25, 0.3) is 27.7 Å². The number of fused-ring (bicyclic) bond motifs is 4. The number of carbonyl (C=O) groups excluding carboxylic acids is 1. The summed E-state index contributed by atoms with van der Waals surface area (Å²) in [5, 5.41) is 8.75. The van der Waals surface area contributed by atoms with Crippen molar-refractivity contribution in [1.82, 2.24) is 24.6 Å². The summed E-state index contributed by atoms with van der Waals surface area (Å²) in [4.78, 5) is 21.0. The van der Waals surface area contributed by atoms with Crippen molar-refractivity contribution >= 4 is 45.3 Å². The number of aryl methyl sites for hydroxylation is 1. The predicted molar refractivity (Wildman–Crippen MR) is 108 cm³/mol. The molecule has 0 fully saturated rings. The molecule has 5 aromatic rings. The van der Waals surface area contributed by atoms with Crippen molar-refractivity contribution in [3.8, 4) is 0 Å². The van der Waals surface area contributed by atoms with Crippen LogP contribution in [-0.4, -0.2) is 35.6 Å². The van der Waals surface area contributed by atoms with Gasteiger partial charge in [-0.1, -0.05) is 42.1 Å². The number of aromatic nitrogens is 5. The Balaban J connectivity index is 1.53. The molecule has 3 aromatic heterocycles. The summed E-state index contributed by atoms with van der Waals surface area (Å²) in [6, 6.07) is 15.8. The topological polar surface area (TPSA) is 78.8 Å². The zero-order valence-electron chi connectivity index (χ0n) is 14.9. The molecule has 134 valence electrons. The molecule has 0 amide bonds. The third-order valence-electron chi connectivity index (χ3n) is 4.80. The van der Waals surface area contributed by atoms with Crippen molar-refractivity contribution in [2.24, 2.45) is 0 Å². The molecule has 0 aliphatic heterocycles. The van der Waals surface area contributed by atoms with Gasteiger partial charge >= 0.3 is 0 Å². The minimum Gasteiger partial charge on any atom is -0.358 e. The zero-order chi connectivity index (χ0) is 18.5. The first-order valence-corrected chi connectivity index (χ1v) is 9.61. The number of benzene rings is 2. The molecule has 27 heavy (non-hydrogen) atoms. The fraction of sp³-hybridized carbons (Fsp3) is 0.150. The molecule has 0 bridgehead atoms. The molecular weight excluding hydrogens is 358 g/mol. The lowest BCUT2D eigenvalue weighted by atomic mass is 10.1.